The third-order valence-corrected chi connectivity index (χ3v) is 4.80. The molecule has 2 amide bonds. The fourth-order valence-corrected chi connectivity index (χ4v) is 2.99. The van der Waals surface area contributed by atoms with Gasteiger partial charge < -0.3 is 15.4 Å². The molecule has 0 aliphatic rings. The van der Waals surface area contributed by atoms with Crippen molar-refractivity contribution in [2.45, 2.75) is 19.4 Å². The topological polar surface area (TPSA) is 67.4 Å². The summed E-state index contributed by atoms with van der Waals surface area (Å²) in [5, 5.41) is 6.10. The highest BCUT2D eigenvalue weighted by Gasteiger charge is 2.16. The van der Waals surface area contributed by atoms with Gasteiger partial charge in [0, 0.05) is 12.1 Å². The van der Waals surface area contributed by atoms with E-state index in [0.717, 1.165) is 6.42 Å². The van der Waals surface area contributed by atoms with Crippen molar-refractivity contribution in [3.8, 4) is 5.75 Å². The molecule has 6 heteroatoms. The number of carbonyl (C=O) groups is 2. The number of nitrogens with one attached hydrogen (secondary N) is 2. The number of halogens is 1. The van der Waals surface area contributed by atoms with Crippen LogP contribution in [0.3, 0.4) is 0 Å². The summed E-state index contributed by atoms with van der Waals surface area (Å²) >= 11 is 6.06. The fourth-order valence-electron chi connectivity index (χ4n) is 2.81. The Labute approximate surface area is 181 Å². The van der Waals surface area contributed by atoms with Gasteiger partial charge in [-0.3, -0.25) is 9.59 Å². The van der Waals surface area contributed by atoms with Crippen LogP contribution in [0, 0.1) is 0 Å². The van der Waals surface area contributed by atoms with E-state index in [1.54, 1.807) is 55.5 Å². The summed E-state index contributed by atoms with van der Waals surface area (Å²) in [5.41, 5.74) is 2.23. The van der Waals surface area contributed by atoms with Crippen molar-refractivity contribution >= 4 is 29.1 Å². The first-order chi connectivity index (χ1) is 14.5. The summed E-state index contributed by atoms with van der Waals surface area (Å²) in [7, 11) is 0. The van der Waals surface area contributed by atoms with Crippen LogP contribution >= 0.6 is 11.6 Å². The van der Waals surface area contributed by atoms with Gasteiger partial charge in [-0.2, -0.15) is 0 Å². The van der Waals surface area contributed by atoms with Crippen LogP contribution in [0.1, 0.15) is 22.8 Å². The highest BCUT2D eigenvalue weighted by molar-refractivity contribution is 6.33. The fraction of sp³-hybridized carbons (Fsp3) is 0.167. The van der Waals surface area contributed by atoms with Crippen LogP contribution in [0.4, 0.5) is 5.69 Å². The van der Waals surface area contributed by atoms with Crippen LogP contribution in [-0.2, 0) is 11.2 Å². The largest absolute Gasteiger partial charge is 0.481 e. The van der Waals surface area contributed by atoms with Crippen molar-refractivity contribution in [2.75, 3.05) is 11.9 Å². The van der Waals surface area contributed by atoms with Crippen LogP contribution < -0.4 is 15.4 Å². The first-order valence-electron chi connectivity index (χ1n) is 9.67. The summed E-state index contributed by atoms with van der Waals surface area (Å²) in [5.74, 6) is 0.0328. The van der Waals surface area contributed by atoms with Crippen LogP contribution in [-0.4, -0.2) is 24.5 Å². The number of hydrogen-bond donors (Lipinski definition) is 2. The van der Waals surface area contributed by atoms with E-state index in [1.165, 1.54) is 5.56 Å². The highest BCUT2D eigenvalue weighted by Crippen LogP contribution is 2.21. The zero-order valence-electron chi connectivity index (χ0n) is 16.6. The molecule has 3 rings (SSSR count). The maximum Gasteiger partial charge on any atom is 0.265 e. The lowest BCUT2D eigenvalue weighted by atomic mass is 10.1. The molecule has 0 aliphatic carbocycles. The maximum atomic E-state index is 12.3. The number of para-hydroxylation sites is 1. The maximum absolute atomic E-state index is 12.3. The Hall–Kier alpha value is -3.31. The molecule has 3 aromatic rings. The molecule has 0 saturated carbocycles. The number of carbonyl (C=O) groups excluding carboxylic acids is 2. The zero-order valence-corrected chi connectivity index (χ0v) is 17.4. The van der Waals surface area contributed by atoms with E-state index < -0.39 is 6.10 Å². The second kappa shape index (κ2) is 10.5. The molecular formula is C24H23ClN2O3. The van der Waals surface area contributed by atoms with Gasteiger partial charge in [0.05, 0.1) is 10.7 Å². The molecule has 0 fully saturated rings. The second-order valence-electron chi connectivity index (χ2n) is 6.75. The molecule has 0 aromatic heterocycles. The van der Waals surface area contributed by atoms with Gasteiger partial charge in [0.15, 0.2) is 6.10 Å². The predicted octanol–water partition coefficient (Wildman–Crippen LogP) is 4.72. The van der Waals surface area contributed by atoms with Crippen LogP contribution in [0.25, 0.3) is 0 Å². The number of anilines is 1. The van der Waals surface area contributed by atoms with Gasteiger partial charge in [0.1, 0.15) is 5.75 Å². The van der Waals surface area contributed by atoms with Gasteiger partial charge >= 0.3 is 0 Å². The molecule has 0 unspecified atom stereocenters. The van der Waals surface area contributed by atoms with Gasteiger partial charge in [0.2, 0.25) is 0 Å². The quantitative estimate of drug-likeness (QED) is 0.552. The van der Waals surface area contributed by atoms with E-state index in [9.17, 15) is 9.59 Å². The van der Waals surface area contributed by atoms with Gasteiger partial charge in [0.25, 0.3) is 11.8 Å². The van der Waals surface area contributed by atoms with E-state index in [1.807, 2.05) is 30.3 Å². The average molecular weight is 423 g/mol. The van der Waals surface area contributed by atoms with Crippen molar-refractivity contribution in [3.63, 3.8) is 0 Å². The molecule has 1 atom stereocenters. The first kappa shape index (κ1) is 21.4. The summed E-state index contributed by atoms with van der Waals surface area (Å²) in [6, 6.07) is 23.7. The summed E-state index contributed by atoms with van der Waals surface area (Å²) in [6.45, 7) is 2.21. The minimum absolute atomic E-state index is 0.151. The zero-order chi connectivity index (χ0) is 21.3. The number of hydrogen-bond acceptors (Lipinski definition) is 3. The molecule has 0 radical (unpaired) electrons. The molecular weight excluding hydrogens is 400 g/mol. The van der Waals surface area contributed by atoms with Crippen LogP contribution in [0.2, 0.25) is 5.02 Å². The minimum Gasteiger partial charge on any atom is -0.481 e. The minimum atomic E-state index is -0.730. The van der Waals surface area contributed by atoms with E-state index in [-0.39, 0.29) is 11.8 Å². The summed E-state index contributed by atoms with van der Waals surface area (Å²) in [6.07, 6.45) is 0.0399. The molecule has 0 heterocycles. The smallest absolute Gasteiger partial charge is 0.265 e. The lowest BCUT2D eigenvalue weighted by Gasteiger charge is -2.15. The van der Waals surface area contributed by atoms with Crippen molar-refractivity contribution in [2.24, 2.45) is 0 Å². The molecule has 3 aromatic carbocycles. The normalized spacial score (nSPS) is 11.4. The van der Waals surface area contributed by atoms with E-state index in [0.29, 0.717) is 28.6 Å². The lowest BCUT2D eigenvalue weighted by Crippen LogP contribution is -2.30. The molecule has 2 N–H and O–H groups in total. The molecule has 5 nitrogen and oxygen atoms in total. The lowest BCUT2D eigenvalue weighted by molar-refractivity contribution is -0.122. The SMILES string of the molecule is C[C@H](Oc1ccc(C(=O)NCCc2ccccc2)cc1)C(=O)Nc1ccccc1Cl. The van der Waals surface area contributed by atoms with Crippen molar-refractivity contribution in [1.82, 2.24) is 5.32 Å². The Morgan fingerprint density at radius 1 is 0.933 bits per heavy atom. The van der Waals surface area contributed by atoms with E-state index >= 15 is 0 Å². The van der Waals surface area contributed by atoms with Crippen molar-refractivity contribution in [3.05, 3.63) is 95.0 Å². The Morgan fingerprint density at radius 2 is 1.60 bits per heavy atom. The first-order valence-corrected chi connectivity index (χ1v) is 10.0. The van der Waals surface area contributed by atoms with Gasteiger partial charge in [-0.25, -0.2) is 0 Å². The standard InChI is InChI=1S/C24H23ClN2O3/c1-17(23(28)27-22-10-6-5-9-21(22)25)30-20-13-11-19(12-14-20)24(29)26-16-15-18-7-3-2-4-8-18/h2-14,17H,15-16H2,1H3,(H,26,29)(H,27,28)/t17-/m0/s1. The Bertz CT molecular complexity index is 991. The summed E-state index contributed by atoms with van der Waals surface area (Å²) < 4.78 is 5.68. The van der Waals surface area contributed by atoms with Crippen molar-refractivity contribution < 1.29 is 14.3 Å². The van der Waals surface area contributed by atoms with Gasteiger partial charge in [-0.1, -0.05) is 54.1 Å². The molecule has 0 bridgehead atoms. The number of ether oxygens (including phenoxy) is 1. The Morgan fingerprint density at radius 3 is 2.30 bits per heavy atom. The number of rotatable bonds is 8. The summed E-state index contributed by atoms with van der Waals surface area (Å²) in [4.78, 5) is 24.6. The molecule has 30 heavy (non-hydrogen) atoms. The monoisotopic (exact) mass is 422 g/mol. The molecule has 154 valence electrons. The average Bonchev–Trinajstić information content (AvgIpc) is 2.76. The third kappa shape index (κ3) is 6.09. The Balaban J connectivity index is 1.49. The molecule has 0 aliphatic heterocycles. The van der Waals surface area contributed by atoms with E-state index in [2.05, 4.69) is 10.6 Å². The van der Waals surface area contributed by atoms with Crippen LogP contribution in [0.15, 0.2) is 78.9 Å². The van der Waals surface area contributed by atoms with Crippen molar-refractivity contribution in [1.29, 1.82) is 0 Å². The highest BCUT2D eigenvalue weighted by atomic mass is 35.5. The number of benzene rings is 3. The molecule has 0 saturated heterocycles. The second-order valence-corrected chi connectivity index (χ2v) is 7.15. The third-order valence-electron chi connectivity index (χ3n) is 4.47. The van der Waals surface area contributed by atoms with E-state index in [4.69, 9.17) is 16.3 Å². The predicted molar refractivity (Wildman–Crippen MR) is 119 cm³/mol. The van der Waals surface area contributed by atoms with Gasteiger partial charge in [-0.15, -0.1) is 0 Å². The van der Waals surface area contributed by atoms with Gasteiger partial charge in [-0.05, 0) is 55.3 Å². The number of amides is 2. The molecule has 0 spiro atoms. The Kier molecular flexibility index (Phi) is 7.46. The van der Waals surface area contributed by atoms with Crippen LogP contribution in [0.5, 0.6) is 5.75 Å².